The van der Waals surface area contributed by atoms with Crippen LogP contribution in [-0.4, -0.2) is 48.3 Å². The molecule has 4 heteroatoms. The second kappa shape index (κ2) is 6.18. The minimum absolute atomic E-state index is 0.0504. The Morgan fingerprint density at radius 1 is 1.11 bits per heavy atom. The summed E-state index contributed by atoms with van der Waals surface area (Å²) in [7, 11) is 0. The molecule has 2 rings (SSSR count). The van der Waals surface area contributed by atoms with Crippen molar-refractivity contribution in [2.45, 2.75) is 6.92 Å². The second-order valence-electron chi connectivity index (χ2n) is 4.67. The molecule has 0 aromatic heterocycles. The molecule has 1 heterocycles. The highest BCUT2D eigenvalue weighted by Gasteiger charge is 2.20. The first kappa shape index (κ1) is 13.3. The van der Waals surface area contributed by atoms with Crippen LogP contribution in [0.25, 0.3) is 6.08 Å². The topological polar surface area (TPSA) is 40.6 Å². The molecule has 1 aromatic rings. The molecule has 2 amide bonds. The standard InChI is InChI=1S/C15H18N2O2/c1-13(11-14-5-3-2-4-6-14)15(19)17-9-7-16(12-18)8-10-17/h2-6,11-12H,7-10H2,1H3/b13-11+. The van der Waals surface area contributed by atoms with Crippen molar-refractivity contribution in [1.82, 2.24) is 9.80 Å². The van der Waals surface area contributed by atoms with Crippen molar-refractivity contribution < 1.29 is 9.59 Å². The average molecular weight is 258 g/mol. The molecule has 0 bridgehead atoms. The van der Waals surface area contributed by atoms with E-state index >= 15 is 0 Å². The Morgan fingerprint density at radius 2 is 1.74 bits per heavy atom. The summed E-state index contributed by atoms with van der Waals surface area (Å²) in [5.41, 5.74) is 1.76. The molecule has 100 valence electrons. The van der Waals surface area contributed by atoms with E-state index in [1.54, 1.807) is 9.80 Å². The van der Waals surface area contributed by atoms with E-state index in [2.05, 4.69) is 0 Å². The highest BCUT2D eigenvalue weighted by Crippen LogP contribution is 2.10. The first-order valence-corrected chi connectivity index (χ1v) is 6.42. The molecule has 0 radical (unpaired) electrons. The fourth-order valence-electron chi connectivity index (χ4n) is 2.14. The van der Waals surface area contributed by atoms with Gasteiger partial charge in [-0.2, -0.15) is 0 Å². The summed E-state index contributed by atoms with van der Waals surface area (Å²) in [4.78, 5) is 26.4. The van der Waals surface area contributed by atoms with Crippen molar-refractivity contribution in [2.24, 2.45) is 0 Å². The van der Waals surface area contributed by atoms with Crippen molar-refractivity contribution >= 4 is 18.4 Å². The van der Waals surface area contributed by atoms with E-state index in [-0.39, 0.29) is 5.91 Å². The maximum atomic E-state index is 12.2. The molecule has 1 aromatic carbocycles. The van der Waals surface area contributed by atoms with E-state index in [4.69, 9.17) is 0 Å². The quantitative estimate of drug-likeness (QED) is 0.607. The molecule has 0 saturated carbocycles. The van der Waals surface area contributed by atoms with Crippen LogP contribution in [0.15, 0.2) is 35.9 Å². The third-order valence-electron chi connectivity index (χ3n) is 3.27. The summed E-state index contributed by atoms with van der Waals surface area (Å²) in [6.07, 6.45) is 2.74. The zero-order valence-corrected chi connectivity index (χ0v) is 11.1. The number of rotatable bonds is 3. The highest BCUT2D eigenvalue weighted by molar-refractivity contribution is 5.97. The summed E-state index contributed by atoms with van der Waals surface area (Å²) in [6.45, 7) is 4.29. The van der Waals surface area contributed by atoms with Gasteiger partial charge < -0.3 is 9.80 Å². The molecule has 19 heavy (non-hydrogen) atoms. The van der Waals surface area contributed by atoms with Crippen LogP contribution < -0.4 is 0 Å². The largest absolute Gasteiger partial charge is 0.342 e. The van der Waals surface area contributed by atoms with Crippen molar-refractivity contribution in [2.75, 3.05) is 26.2 Å². The normalized spacial score (nSPS) is 16.4. The van der Waals surface area contributed by atoms with Gasteiger partial charge in [-0.25, -0.2) is 0 Å². The summed E-state index contributed by atoms with van der Waals surface area (Å²) < 4.78 is 0. The van der Waals surface area contributed by atoms with Crippen molar-refractivity contribution in [1.29, 1.82) is 0 Å². The Bertz CT molecular complexity index is 474. The van der Waals surface area contributed by atoms with Gasteiger partial charge in [0.25, 0.3) is 0 Å². The monoisotopic (exact) mass is 258 g/mol. The molecule has 0 unspecified atom stereocenters. The van der Waals surface area contributed by atoms with Gasteiger partial charge in [0.2, 0.25) is 12.3 Å². The van der Waals surface area contributed by atoms with Gasteiger partial charge in [0.05, 0.1) is 0 Å². The number of hydrogen-bond acceptors (Lipinski definition) is 2. The molecule has 0 aliphatic carbocycles. The van der Waals surface area contributed by atoms with Crippen molar-refractivity contribution in [3.63, 3.8) is 0 Å². The minimum Gasteiger partial charge on any atom is -0.342 e. The molecule has 0 atom stereocenters. The van der Waals surface area contributed by atoms with Gasteiger partial charge in [-0.1, -0.05) is 30.3 Å². The van der Waals surface area contributed by atoms with E-state index in [1.807, 2.05) is 43.3 Å². The van der Waals surface area contributed by atoms with Crippen LogP contribution in [0.4, 0.5) is 0 Å². The Balaban J connectivity index is 2.00. The second-order valence-corrected chi connectivity index (χ2v) is 4.67. The van der Waals surface area contributed by atoms with Gasteiger partial charge in [0, 0.05) is 31.8 Å². The van der Waals surface area contributed by atoms with Crippen LogP contribution in [-0.2, 0) is 9.59 Å². The Labute approximate surface area is 113 Å². The zero-order chi connectivity index (χ0) is 13.7. The fraction of sp³-hybridized carbons (Fsp3) is 0.333. The number of nitrogens with zero attached hydrogens (tertiary/aromatic N) is 2. The molecule has 1 aliphatic heterocycles. The molecule has 1 fully saturated rings. The molecule has 1 saturated heterocycles. The van der Waals surface area contributed by atoms with Gasteiger partial charge in [-0.15, -0.1) is 0 Å². The predicted molar refractivity (Wildman–Crippen MR) is 74.3 cm³/mol. The minimum atomic E-state index is 0.0504. The lowest BCUT2D eigenvalue weighted by atomic mass is 10.1. The molecular formula is C15H18N2O2. The van der Waals surface area contributed by atoms with Gasteiger partial charge in [0.15, 0.2) is 0 Å². The lowest BCUT2D eigenvalue weighted by Crippen LogP contribution is -2.48. The van der Waals surface area contributed by atoms with Crippen molar-refractivity contribution in [3.8, 4) is 0 Å². The number of amides is 2. The van der Waals surface area contributed by atoms with E-state index in [1.165, 1.54) is 0 Å². The number of carbonyl (C=O) groups is 2. The van der Waals surface area contributed by atoms with Crippen LogP contribution in [0.5, 0.6) is 0 Å². The Hall–Kier alpha value is -2.10. The Kier molecular flexibility index (Phi) is 4.34. The number of hydrogen-bond donors (Lipinski definition) is 0. The lowest BCUT2D eigenvalue weighted by molar-refractivity contribution is -0.131. The lowest BCUT2D eigenvalue weighted by Gasteiger charge is -2.32. The third-order valence-corrected chi connectivity index (χ3v) is 3.27. The maximum absolute atomic E-state index is 12.2. The Morgan fingerprint density at radius 3 is 2.32 bits per heavy atom. The number of piperazine rings is 1. The van der Waals surface area contributed by atoms with Gasteiger partial charge in [-0.3, -0.25) is 9.59 Å². The highest BCUT2D eigenvalue weighted by atomic mass is 16.2. The maximum Gasteiger partial charge on any atom is 0.249 e. The molecule has 4 nitrogen and oxygen atoms in total. The summed E-state index contributed by atoms with van der Waals surface area (Å²) in [5, 5.41) is 0. The molecule has 0 N–H and O–H groups in total. The number of benzene rings is 1. The van der Waals surface area contributed by atoms with Crippen LogP contribution in [0.1, 0.15) is 12.5 Å². The van der Waals surface area contributed by atoms with Crippen LogP contribution in [0.2, 0.25) is 0 Å². The number of carbonyl (C=O) groups excluding carboxylic acids is 2. The van der Waals surface area contributed by atoms with Gasteiger partial charge >= 0.3 is 0 Å². The van der Waals surface area contributed by atoms with E-state index in [0.29, 0.717) is 26.2 Å². The van der Waals surface area contributed by atoms with Crippen LogP contribution in [0, 0.1) is 0 Å². The first-order valence-electron chi connectivity index (χ1n) is 6.42. The van der Waals surface area contributed by atoms with E-state index in [0.717, 1.165) is 17.5 Å². The fourth-order valence-corrected chi connectivity index (χ4v) is 2.14. The molecule has 0 spiro atoms. The van der Waals surface area contributed by atoms with Gasteiger partial charge in [-0.05, 0) is 18.6 Å². The summed E-state index contributed by atoms with van der Waals surface area (Å²) in [6, 6.07) is 9.80. The van der Waals surface area contributed by atoms with Crippen LogP contribution in [0.3, 0.4) is 0 Å². The van der Waals surface area contributed by atoms with E-state index in [9.17, 15) is 9.59 Å². The van der Waals surface area contributed by atoms with Gasteiger partial charge in [0.1, 0.15) is 0 Å². The van der Waals surface area contributed by atoms with Crippen LogP contribution >= 0.6 is 0 Å². The summed E-state index contributed by atoms with van der Waals surface area (Å²) >= 11 is 0. The summed E-state index contributed by atoms with van der Waals surface area (Å²) in [5.74, 6) is 0.0504. The van der Waals surface area contributed by atoms with E-state index < -0.39 is 0 Å². The molecule has 1 aliphatic rings. The zero-order valence-electron chi connectivity index (χ0n) is 11.1. The predicted octanol–water partition coefficient (Wildman–Crippen LogP) is 1.39. The smallest absolute Gasteiger partial charge is 0.249 e. The first-order chi connectivity index (χ1) is 9.20. The van der Waals surface area contributed by atoms with Crippen molar-refractivity contribution in [3.05, 3.63) is 41.5 Å². The third kappa shape index (κ3) is 3.44. The average Bonchev–Trinajstić information content (AvgIpc) is 2.47. The SMILES string of the molecule is C/C(=C\c1ccccc1)C(=O)N1CCN(C=O)CC1. The molecular weight excluding hydrogens is 240 g/mol.